The fourth-order valence-electron chi connectivity index (χ4n) is 2.02. The first kappa shape index (κ1) is 13.0. The van der Waals surface area contributed by atoms with Gasteiger partial charge in [0.1, 0.15) is 0 Å². The second-order valence-electron chi connectivity index (χ2n) is 3.92. The van der Waals surface area contributed by atoms with E-state index in [1.807, 2.05) is 6.07 Å². The smallest absolute Gasteiger partial charge is 0.238 e. The van der Waals surface area contributed by atoms with Gasteiger partial charge in [-0.05, 0) is 49.6 Å². The van der Waals surface area contributed by atoms with Crippen molar-refractivity contribution in [2.24, 2.45) is 0 Å². The van der Waals surface area contributed by atoms with Crippen molar-refractivity contribution in [2.75, 3.05) is 18.9 Å². The van der Waals surface area contributed by atoms with Crippen molar-refractivity contribution in [3.05, 3.63) is 29.3 Å². The fraction of sp³-hybridized carbons (Fsp3) is 0.417. The van der Waals surface area contributed by atoms with Gasteiger partial charge in [-0.2, -0.15) is 0 Å². The highest BCUT2D eigenvalue weighted by atomic mass is 35.5. The molecule has 1 aromatic carbocycles. The van der Waals surface area contributed by atoms with E-state index in [0.29, 0.717) is 6.54 Å². The molecule has 0 atom stereocenters. The summed E-state index contributed by atoms with van der Waals surface area (Å²) in [5, 5.41) is 5.70. The summed E-state index contributed by atoms with van der Waals surface area (Å²) in [6.45, 7) is 0.358. The zero-order chi connectivity index (χ0) is 10.7. The molecule has 0 saturated heterocycles. The highest BCUT2D eigenvalue weighted by Crippen LogP contribution is 2.24. The monoisotopic (exact) mass is 240 g/mol. The number of likely N-dealkylation sites (N-methyl/N-ethyl adjacent to an activating group) is 1. The van der Waals surface area contributed by atoms with Gasteiger partial charge in [0.2, 0.25) is 5.91 Å². The van der Waals surface area contributed by atoms with E-state index in [1.165, 1.54) is 24.0 Å². The Morgan fingerprint density at radius 2 is 2.06 bits per heavy atom. The van der Waals surface area contributed by atoms with Crippen molar-refractivity contribution in [3.63, 3.8) is 0 Å². The molecule has 16 heavy (non-hydrogen) atoms. The molecule has 3 nitrogen and oxygen atoms in total. The summed E-state index contributed by atoms with van der Waals surface area (Å²) in [6, 6.07) is 6.20. The third kappa shape index (κ3) is 2.97. The molecule has 2 N–H and O–H groups in total. The lowest BCUT2D eigenvalue weighted by Crippen LogP contribution is -2.25. The Bertz CT molecular complexity index is 379. The van der Waals surface area contributed by atoms with Crippen LogP contribution in [0.5, 0.6) is 0 Å². The first-order chi connectivity index (χ1) is 7.29. The molecule has 0 heterocycles. The molecule has 0 aromatic heterocycles. The van der Waals surface area contributed by atoms with Gasteiger partial charge < -0.3 is 10.6 Å². The van der Waals surface area contributed by atoms with E-state index in [9.17, 15) is 4.79 Å². The molecule has 0 unspecified atom stereocenters. The second kappa shape index (κ2) is 5.87. The lowest BCUT2D eigenvalue weighted by Gasteiger charge is -2.06. The average molecular weight is 241 g/mol. The maximum Gasteiger partial charge on any atom is 0.238 e. The molecule has 0 fully saturated rings. The van der Waals surface area contributed by atoms with Crippen LogP contribution in [0.1, 0.15) is 17.5 Å². The predicted molar refractivity (Wildman–Crippen MR) is 68.3 cm³/mol. The van der Waals surface area contributed by atoms with Crippen LogP contribution in [-0.2, 0) is 17.6 Å². The van der Waals surface area contributed by atoms with E-state index in [1.54, 1.807) is 7.05 Å². The van der Waals surface area contributed by atoms with E-state index >= 15 is 0 Å². The van der Waals surface area contributed by atoms with Crippen LogP contribution in [0.25, 0.3) is 0 Å². The number of nitrogens with one attached hydrogen (secondary N) is 2. The van der Waals surface area contributed by atoms with Crippen LogP contribution < -0.4 is 10.6 Å². The van der Waals surface area contributed by atoms with Crippen molar-refractivity contribution in [1.29, 1.82) is 0 Å². The number of hydrogen-bond donors (Lipinski definition) is 2. The number of aryl methyl sites for hydroxylation is 2. The summed E-state index contributed by atoms with van der Waals surface area (Å²) in [6.07, 6.45) is 3.56. The zero-order valence-electron chi connectivity index (χ0n) is 9.38. The first-order valence-corrected chi connectivity index (χ1v) is 5.36. The number of halogens is 1. The second-order valence-corrected chi connectivity index (χ2v) is 3.92. The Balaban J connectivity index is 0.00000128. The van der Waals surface area contributed by atoms with Crippen molar-refractivity contribution in [2.45, 2.75) is 19.3 Å². The van der Waals surface area contributed by atoms with Crippen LogP contribution in [0.15, 0.2) is 18.2 Å². The molecular weight excluding hydrogens is 224 g/mol. The van der Waals surface area contributed by atoms with Gasteiger partial charge >= 0.3 is 0 Å². The number of amides is 1. The highest BCUT2D eigenvalue weighted by Gasteiger charge is 2.11. The van der Waals surface area contributed by atoms with E-state index in [0.717, 1.165) is 12.1 Å². The molecule has 88 valence electrons. The lowest BCUT2D eigenvalue weighted by molar-refractivity contribution is -0.115. The van der Waals surface area contributed by atoms with E-state index in [2.05, 4.69) is 22.8 Å². The molecule has 1 aromatic rings. The van der Waals surface area contributed by atoms with Crippen molar-refractivity contribution >= 4 is 24.0 Å². The van der Waals surface area contributed by atoms with Crippen LogP contribution >= 0.6 is 12.4 Å². The van der Waals surface area contributed by atoms with Crippen LogP contribution in [0, 0.1) is 0 Å². The van der Waals surface area contributed by atoms with Crippen LogP contribution in [-0.4, -0.2) is 19.5 Å². The molecule has 0 radical (unpaired) electrons. The van der Waals surface area contributed by atoms with E-state index in [4.69, 9.17) is 0 Å². The van der Waals surface area contributed by atoms with Gasteiger partial charge in [-0.3, -0.25) is 4.79 Å². The summed E-state index contributed by atoms with van der Waals surface area (Å²) in [4.78, 5) is 11.3. The SMILES string of the molecule is CNCC(=O)Nc1ccc2c(c1)CCC2.Cl. The summed E-state index contributed by atoms with van der Waals surface area (Å²) >= 11 is 0. The van der Waals surface area contributed by atoms with Gasteiger partial charge in [0.15, 0.2) is 0 Å². The zero-order valence-corrected chi connectivity index (χ0v) is 10.2. The Hall–Kier alpha value is -1.06. The minimum Gasteiger partial charge on any atom is -0.325 e. The van der Waals surface area contributed by atoms with Crippen molar-refractivity contribution in [1.82, 2.24) is 5.32 Å². The Labute approximate surface area is 102 Å². The van der Waals surface area contributed by atoms with Gasteiger partial charge in [0.25, 0.3) is 0 Å². The standard InChI is InChI=1S/C12H16N2O.ClH/c1-13-8-12(15)14-11-6-5-9-3-2-4-10(9)7-11;/h5-7,13H,2-4,8H2,1H3,(H,14,15);1H. The van der Waals surface area contributed by atoms with E-state index in [-0.39, 0.29) is 18.3 Å². The number of hydrogen-bond acceptors (Lipinski definition) is 2. The van der Waals surface area contributed by atoms with Gasteiger partial charge in [0, 0.05) is 5.69 Å². The normalized spacial score (nSPS) is 12.8. The van der Waals surface area contributed by atoms with Crippen LogP contribution in [0.3, 0.4) is 0 Å². The number of carbonyl (C=O) groups excluding carboxylic acids is 1. The Morgan fingerprint density at radius 1 is 1.31 bits per heavy atom. The van der Waals surface area contributed by atoms with Crippen LogP contribution in [0.4, 0.5) is 5.69 Å². The first-order valence-electron chi connectivity index (χ1n) is 5.36. The predicted octanol–water partition coefficient (Wildman–Crippen LogP) is 1.75. The van der Waals surface area contributed by atoms with Crippen LogP contribution in [0.2, 0.25) is 0 Å². The Kier molecular flexibility index (Phi) is 4.77. The molecule has 1 amide bonds. The largest absolute Gasteiger partial charge is 0.325 e. The molecular formula is C12H17ClN2O. The number of carbonyl (C=O) groups is 1. The molecule has 1 aliphatic rings. The molecule has 0 bridgehead atoms. The molecule has 4 heteroatoms. The molecule has 1 aliphatic carbocycles. The average Bonchev–Trinajstić information content (AvgIpc) is 2.65. The number of benzene rings is 1. The summed E-state index contributed by atoms with van der Waals surface area (Å²) in [5.74, 6) is 0.00967. The summed E-state index contributed by atoms with van der Waals surface area (Å²) in [5.41, 5.74) is 3.73. The quantitative estimate of drug-likeness (QED) is 0.845. The number of rotatable bonds is 3. The molecule has 0 aliphatic heterocycles. The summed E-state index contributed by atoms with van der Waals surface area (Å²) < 4.78 is 0. The maximum atomic E-state index is 11.3. The summed E-state index contributed by atoms with van der Waals surface area (Å²) in [7, 11) is 1.77. The van der Waals surface area contributed by atoms with E-state index < -0.39 is 0 Å². The van der Waals surface area contributed by atoms with Gasteiger partial charge in [-0.15, -0.1) is 12.4 Å². The molecule has 2 rings (SSSR count). The number of fused-ring (bicyclic) bond motifs is 1. The van der Waals surface area contributed by atoms with Crippen molar-refractivity contribution < 1.29 is 4.79 Å². The lowest BCUT2D eigenvalue weighted by atomic mass is 10.1. The maximum absolute atomic E-state index is 11.3. The number of anilines is 1. The minimum atomic E-state index is 0. The van der Waals surface area contributed by atoms with Gasteiger partial charge in [-0.1, -0.05) is 6.07 Å². The van der Waals surface area contributed by atoms with Gasteiger partial charge in [0.05, 0.1) is 6.54 Å². The topological polar surface area (TPSA) is 41.1 Å². The minimum absolute atomic E-state index is 0. The third-order valence-electron chi connectivity index (χ3n) is 2.72. The third-order valence-corrected chi connectivity index (χ3v) is 2.72. The molecule has 0 spiro atoms. The molecule has 0 saturated carbocycles. The highest BCUT2D eigenvalue weighted by molar-refractivity contribution is 5.92. The van der Waals surface area contributed by atoms with Crippen molar-refractivity contribution in [3.8, 4) is 0 Å². The fourth-order valence-corrected chi connectivity index (χ4v) is 2.02. The van der Waals surface area contributed by atoms with Gasteiger partial charge in [-0.25, -0.2) is 0 Å². The Morgan fingerprint density at radius 3 is 2.81 bits per heavy atom.